The molecule has 0 bridgehead atoms. The number of rotatable bonds is 10. The Kier molecular flexibility index (Phi) is 12.0. The van der Waals surface area contributed by atoms with Gasteiger partial charge in [0.15, 0.2) is 25.6 Å². The molecule has 1 aromatic heterocycles. The molecule has 0 saturated heterocycles. The van der Waals surface area contributed by atoms with Gasteiger partial charge >= 0.3 is 11.9 Å². The van der Waals surface area contributed by atoms with Gasteiger partial charge in [0.05, 0.1) is 17.1 Å². The van der Waals surface area contributed by atoms with Crippen molar-refractivity contribution in [3.8, 4) is 24.7 Å². The van der Waals surface area contributed by atoms with E-state index in [-0.39, 0.29) is 30.2 Å². The third-order valence-corrected chi connectivity index (χ3v) is 5.26. The van der Waals surface area contributed by atoms with E-state index in [4.69, 9.17) is 22.3 Å². The van der Waals surface area contributed by atoms with Gasteiger partial charge in [-0.2, -0.15) is 0 Å². The fourth-order valence-corrected chi connectivity index (χ4v) is 3.81. The smallest absolute Gasteiger partial charge is 0.337 e. The molecule has 2 heterocycles. The summed E-state index contributed by atoms with van der Waals surface area (Å²) >= 11 is 0. The Labute approximate surface area is 207 Å². The van der Waals surface area contributed by atoms with Crippen molar-refractivity contribution in [2.75, 3.05) is 13.2 Å². The van der Waals surface area contributed by atoms with E-state index in [0.717, 1.165) is 24.9 Å². The number of hydrogen-bond donors (Lipinski definition) is 1. The zero-order valence-electron chi connectivity index (χ0n) is 19.4. The van der Waals surface area contributed by atoms with E-state index in [9.17, 15) is 9.59 Å². The third kappa shape index (κ3) is 7.51. The number of halogens is 1. The van der Waals surface area contributed by atoms with Crippen molar-refractivity contribution in [1.82, 2.24) is 5.32 Å². The molecule has 2 rings (SSSR count). The van der Waals surface area contributed by atoms with Crippen LogP contribution in [0.15, 0.2) is 47.1 Å². The van der Waals surface area contributed by atoms with Crippen LogP contribution in [0.25, 0.3) is 0 Å². The van der Waals surface area contributed by atoms with Gasteiger partial charge in [-0.1, -0.05) is 31.6 Å². The van der Waals surface area contributed by atoms with Crippen LogP contribution in [0, 0.1) is 24.7 Å². The Balaban J connectivity index is 0.00000544. The highest BCUT2D eigenvalue weighted by Crippen LogP contribution is 2.38. The summed E-state index contributed by atoms with van der Waals surface area (Å²) in [5.74, 6) is 2.78. The van der Waals surface area contributed by atoms with E-state index >= 15 is 0 Å². The quantitative estimate of drug-likeness (QED) is 0.208. The summed E-state index contributed by atoms with van der Waals surface area (Å²) in [5.41, 5.74) is 2.62. The molecule has 176 valence electrons. The Morgan fingerprint density at radius 2 is 1.61 bits per heavy atom. The first-order valence-electron chi connectivity index (χ1n) is 10.8. The minimum atomic E-state index is -0.671. The van der Waals surface area contributed by atoms with Gasteiger partial charge in [-0.15, -0.1) is 12.8 Å². The van der Waals surface area contributed by atoms with E-state index < -0.39 is 17.9 Å². The molecular formula is C26H31BrN2O4. The minimum Gasteiger partial charge on any atom is -1.00 e. The number of allylic oxidation sites excluding steroid dienone is 2. The largest absolute Gasteiger partial charge is 1.00 e. The van der Waals surface area contributed by atoms with Gasteiger partial charge in [-0.05, 0) is 26.3 Å². The maximum absolute atomic E-state index is 12.9. The molecule has 0 spiro atoms. The van der Waals surface area contributed by atoms with Gasteiger partial charge in [0.2, 0.25) is 0 Å². The summed E-state index contributed by atoms with van der Waals surface area (Å²) < 4.78 is 12.5. The SMILES string of the molecule is C#CCOC(=O)C1=C(C)NC(C)=C(C(=O)OCC#C)C1c1ccc[n+](CCCCCC)c1.[Br-]. The highest BCUT2D eigenvalue weighted by Gasteiger charge is 2.39. The first-order valence-corrected chi connectivity index (χ1v) is 10.8. The highest BCUT2D eigenvalue weighted by molar-refractivity contribution is 5.99. The molecule has 33 heavy (non-hydrogen) atoms. The van der Waals surface area contributed by atoms with Gasteiger partial charge in [0.1, 0.15) is 6.54 Å². The van der Waals surface area contributed by atoms with E-state index in [1.54, 1.807) is 13.8 Å². The zero-order chi connectivity index (χ0) is 23.5. The van der Waals surface area contributed by atoms with Gasteiger partial charge in [-0.25, -0.2) is 14.2 Å². The number of aromatic nitrogens is 1. The number of carbonyl (C=O) groups is 2. The van der Waals surface area contributed by atoms with Gasteiger partial charge < -0.3 is 31.8 Å². The van der Waals surface area contributed by atoms with Gasteiger partial charge in [0.25, 0.3) is 0 Å². The first-order chi connectivity index (χ1) is 15.4. The lowest BCUT2D eigenvalue weighted by Gasteiger charge is -2.29. The third-order valence-electron chi connectivity index (χ3n) is 5.26. The zero-order valence-corrected chi connectivity index (χ0v) is 21.0. The summed E-state index contributed by atoms with van der Waals surface area (Å²) in [6.45, 7) is 6.25. The van der Waals surface area contributed by atoms with Crippen LogP contribution in [0.3, 0.4) is 0 Å². The van der Waals surface area contributed by atoms with Crippen LogP contribution in [0.5, 0.6) is 0 Å². The summed E-state index contributed by atoms with van der Waals surface area (Å²) in [6.07, 6.45) is 19.0. The second kappa shape index (κ2) is 14.2. The van der Waals surface area contributed by atoms with Crippen molar-refractivity contribution in [2.24, 2.45) is 0 Å². The number of nitrogens with zero attached hydrogens (tertiary/aromatic N) is 1. The van der Waals surface area contributed by atoms with Crippen molar-refractivity contribution >= 4 is 11.9 Å². The molecule has 0 atom stereocenters. The summed E-state index contributed by atoms with van der Waals surface area (Å²) in [6, 6.07) is 3.80. The average Bonchev–Trinajstić information content (AvgIpc) is 2.78. The molecule has 1 aromatic rings. The van der Waals surface area contributed by atoms with Crippen molar-refractivity contribution < 1.29 is 40.6 Å². The van der Waals surface area contributed by atoms with Gasteiger partial charge in [-0.3, -0.25) is 0 Å². The van der Waals surface area contributed by atoms with Crippen molar-refractivity contribution in [1.29, 1.82) is 0 Å². The lowest BCUT2D eigenvalue weighted by Crippen LogP contribution is -3.00. The van der Waals surface area contributed by atoms with Crippen molar-refractivity contribution in [3.63, 3.8) is 0 Å². The van der Waals surface area contributed by atoms with Crippen LogP contribution in [-0.4, -0.2) is 25.2 Å². The molecule has 0 aromatic carbocycles. The van der Waals surface area contributed by atoms with Crippen LogP contribution in [0.4, 0.5) is 0 Å². The van der Waals surface area contributed by atoms with E-state index in [1.807, 2.05) is 24.5 Å². The number of unbranched alkanes of at least 4 members (excludes halogenated alkanes) is 3. The highest BCUT2D eigenvalue weighted by atomic mass is 79.9. The number of hydrogen-bond acceptors (Lipinski definition) is 5. The maximum Gasteiger partial charge on any atom is 0.337 e. The van der Waals surface area contributed by atoms with Crippen LogP contribution in [-0.2, 0) is 25.6 Å². The fourth-order valence-electron chi connectivity index (χ4n) is 3.81. The second-order valence-corrected chi connectivity index (χ2v) is 7.63. The molecule has 0 amide bonds. The Bertz CT molecular complexity index is 946. The standard InChI is InChI=1S/C26H30N2O4.BrH/c1-6-9-10-11-14-28-15-12-13-21(18-28)24-22(25(29)31-16-7-2)19(4)27-20(5)23(24)26(30)32-17-8-3;/h2-3,12-13,15,18,24H,6,9-11,14,16-17H2,1,4-5H3;1H. The molecule has 0 radical (unpaired) electrons. The van der Waals surface area contributed by atoms with Crippen LogP contribution in [0.2, 0.25) is 0 Å². The monoisotopic (exact) mass is 514 g/mol. The predicted molar refractivity (Wildman–Crippen MR) is 122 cm³/mol. The number of esters is 2. The summed E-state index contributed by atoms with van der Waals surface area (Å²) in [5, 5.41) is 3.10. The maximum atomic E-state index is 12.9. The molecule has 0 unspecified atom stereocenters. The Morgan fingerprint density at radius 3 is 2.12 bits per heavy atom. The number of ether oxygens (including phenoxy) is 2. The number of terminal acetylenes is 2. The first kappa shape index (κ1) is 28.0. The lowest BCUT2D eigenvalue weighted by atomic mass is 9.81. The van der Waals surface area contributed by atoms with E-state index in [1.165, 1.54) is 12.8 Å². The normalized spacial score (nSPS) is 13.4. The van der Waals surface area contributed by atoms with Gasteiger partial charge in [0, 0.05) is 29.4 Å². The summed E-state index contributed by atoms with van der Waals surface area (Å²) in [4.78, 5) is 25.9. The number of aryl methyl sites for hydroxylation is 1. The molecule has 6 nitrogen and oxygen atoms in total. The molecule has 7 heteroatoms. The van der Waals surface area contributed by atoms with Crippen molar-refractivity contribution in [2.45, 2.75) is 58.9 Å². The number of nitrogens with one attached hydrogen (secondary N) is 1. The molecule has 1 N–H and O–H groups in total. The van der Waals surface area contributed by atoms with Crippen LogP contribution < -0.4 is 26.9 Å². The average molecular weight is 515 g/mol. The molecule has 1 aliphatic heterocycles. The van der Waals surface area contributed by atoms with E-state index in [2.05, 4.69) is 28.6 Å². The second-order valence-electron chi connectivity index (χ2n) is 7.63. The topological polar surface area (TPSA) is 68.5 Å². The molecule has 0 fully saturated rings. The number of pyridine rings is 1. The molecule has 0 saturated carbocycles. The fraction of sp³-hybridized carbons (Fsp3) is 0.423. The predicted octanol–water partition coefficient (Wildman–Crippen LogP) is 0.146. The Hall–Kier alpha value is -3.03. The molecule has 0 aliphatic carbocycles. The van der Waals surface area contributed by atoms with Crippen LogP contribution in [0.1, 0.15) is 57.9 Å². The molecule has 1 aliphatic rings. The number of dihydropyridines is 1. The van der Waals surface area contributed by atoms with Crippen LogP contribution >= 0.6 is 0 Å². The minimum absolute atomic E-state index is 0. The van der Waals surface area contributed by atoms with E-state index in [0.29, 0.717) is 22.5 Å². The molecular weight excluding hydrogens is 484 g/mol. The summed E-state index contributed by atoms with van der Waals surface area (Å²) in [7, 11) is 0. The number of carbonyl (C=O) groups excluding carboxylic acids is 2. The Morgan fingerprint density at radius 1 is 1.03 bits per heavy atom. The van der Waals surface area contributed by atoms with Crippen molar-refractivity contribution in [3.05, 3.63) is 52.6 Å². The lowest BCUT2D eigenvalue weighted by molar-refractivity contribution is -0.697.